The highest BCUT2D eigenvalue weighted by Gasteiger charge is 2.56. The summed E-state index contributed by atoms with van der Waals surface area (Å²) in [5.74, 6) is -2.97. The van der Waals surface area contributed by atoms with E-state index in [1.165, 1.54) is 37.3 Å². The Morgan fingerprint density at radius 2 is 1.57 bits per heavy atom. The number of phenols is 2. The smallest absolute Gasteiger partial charge is 0.233 e. The third-order valence-corrected chi connectivity index (χ3v) is 9.03. The van der Waals surface area contributed by atoms with Crippen LogP contribution in [0.4, 0.5) is 0 Å². The summed E-state index contributed by atoms with van der Waals surface area (Å²) in [5.41, 5.74) is 3.12. The summed E-state index contributed by atoms with van der Waals surface area (Å²) in [6.45, 7) is 1.80. The largest absolute Gasteiger partial charge is 0.508 e. The van der Waals surface area contributed by atoms with Crippen LogP contribution in [0.3, 0.4) is 0 Å². The number of carbonyl (C=O) groups is 4. The normalized spacial score (nSPS) is 25.1. The Kier molecular flexibility index (Phi) is 6.75. The number of methoxy groups -OCH3 is 2. The van der Waals surface area contributed by atoms with E-state index in [9.17, 15) is 29.4 Å². The van der Waals surface area contributed by atoms with Gasteiger partial charge in [0.15, 0.2) is 11.6 Å². The summed E-state index contributed by atoms with van der Waals surface area (Å²) in [7, 11) is 2.89. The molecule has 2 N–H and O–H groups in total. The van der Waals surface area contributed by atoms with Gasteiger partial charge in [-0.15, -0.1) is 0 Å². The number of ether oxygens (including phenoxy) is 2. The van der Waals surface area contributed by atoms with E-state index in [1.54, 1.807) is 31.2 Å². The average molecular weight is 570 g/mol. The molecule has 9 heteroatoms. The van der Waals surface area contributed by atoms with Crippen LogP contribution in [0.25, 0.3) is 0 Å². The first-order chi connectivity index (χ1) is 20.1. The molecule has 3 aliphatic carbocycles. The van der Waals surface area contributed by atoms with Crippen molar-refractivity contribution in [2.75, 3.05) is 20.8 Å². The van der Waals surface area contributed by atoms with Gasteiger partial charge in [-0.3, -0.25) is 24.1 Å². The number of ketones is 2. The molecular formula is C33H31NO8. The van der Waals surface area contributed by atoms with Crippen LogP contribution in [0.5, 0.6) is 23.0 Å². The third-order valence-electron chi connectivity index (χ3n) is 9.03. The topological polar surface area (TPSA) is 130 Å². The van der Waals surface area contributed by atoms with Crippen molar-refractivity contribution in [3.05, 3.63) is 82.0 Å². The summed E-state index contributed by atoms with van der Waals surface area (Å²) in [6, 6.07) is 9.51. The van der Waals surface area contributed by atoms with Gasteiger partial charge < -0.3 is 19.7 Å². The van der Waals surface area contributed by atoms with E-state index >= 15 is 0 Å². The molecule has 1 heterocycles. The predicted octanol–water partition coefficient (Wildman–Crippen LogP) is 3.79. The molecule has 42 heavy (non-hydrogen) atoms. The Morgan fingerprint density at radius 3 is 2.21 bits per heavy atom. The number of rotatable bonds is 6. The van der Waals surface area contributed by atoms with Crippen LogP contribution in [-0.2, 0) is 25.6 Å². The van der Waals surface area contributed by atoms with E-state index in [-0.39, 0.29) is 59.3 Å². The summed E-state index contributed by atoms with van der Waals surface area (Å²) >= 11 is 0. The monoisotopic (exact) mass is 569 g/mol. The van der Waals surface area contributed by atoms with Crippen LogP contribution in [0.15, 0.2) is 70.8 Å². The Bertz CT molecular complexity index is 1600. The number of hydrogen-bond donors (Lipinski definition) is 2. The number of benzene rings is 2. The van der Waals surface area contributed by atoms with E-state index in [2.05, 4.69) is 0 Å². The van der Waals surface area contributed by atoms with Gasteiger partial charge in [-0.1, -0.05) is 23.8 Å². The molecular weight excluding hydrogens is 538 g/mol. The molecule has 0 unspecified atom stereocenters. The van der Waals surface area contributed by atoms with Crippen LogP contribution in [0, 0.1) is 17.8 Å². The highest BCUT2D eigenvalue weighted by atomic mass is 16.5. The van der Waals surface area contributed by atoms with Gasteiger partial charge in [-0.05, 0) is 55.9 Å². The number of aromatic hydroxyl groups is 2. The number of Topliss-reactive ketones (excluding diaryl/α,β-unsaturated/α-hetero) is 1. The summed E-state index contributed by atoms with van der Waals surface area (Å²) in [4.78, 5) is 55.9. The second-order valence-corrected chi connectivity index (χ2v) is 11.2. The van der Waals surface area contributed by atoms with Gasteiger partial charge >= 0.3 is 0 Å². The molecule has 216 valence electrons. The fourth-order valence-electron chi connectivity index (χ4n) is 7.11. The van der Waals surface area contributed by atoms with Crippen LogP contribution < -0.4 is 9.47 Å². The standard InChI is InChI=1S/C33H31NO8/c1-16-12-24(37)28-23(31(16)38)15-22-20(29(28)30-25(41-2)13-19(36)14-26(30)42-3)8-9-21-27(22)33(40)34(32(21)39)11-10-17-4-6-18(35)7-5-17/h4-8,12-14,21-22,27,29,35-36H,9-11,15H2,1-3H3/t21-,22+,27-,29-/m0/s1. The minimum atomic E-state index is -0.764. The lowest BCUT2D eigenvalue weighted by atomic mass is 9.59. The van der Waals surface area contributed by atoms with Crippen LogP contribution >= 0.6 is 0 Å². The second-order valence-electron chi connectivity index (χ2n) is 11.2. The minimum absolute atomic E-state index is 0.0886. The zero-order valence-corrected chi connectivity index (χ0v) is 23.5. The SMILES string of the molecule is COc1cc(O)cc(OC)c1[C@H]1C2=CC[C@@H]3C(=O)N(CCc4ccc(O)cc4)C(=O)[C@@H]3[C@@H]2CC2=C1C(=O)C=C(C)C2=O. The molecule has 4 aliphatic rings. The molecule has 1 aliphatic heterocycles. The van der Waals surface area contributed by atoms with Crippen molar-refractivity contribution in [2.24, 2.45) is 17.8 Å². The molecule has 4 atom stereocenters. The fraction of sp³-hybridized carbons (Fsp3) is 0.333. The van der Waals surface area contributed by atoms with Crippen molar-refractivity contribution in [1.29, 1.82) is 0 Å². The summed E-state index contributed by atoms with van der Waals surface area (Å²) in [6.07, 6.45) is 4.20. The minimum Gasteiger partial charge on any atom is -0.508 e. The Morgan fingerprint density at radius 1 is 0.905 bits per heavy atom. The molecule has 2 aromatic carbocycles. The van der Waals surface area contributed by atoms with Crippen LogP contribution in [-0.4, -0.2) is 59.3 Å². The van der Waals surface area contributed by atoms with Crippen molar-refractivity contribution in [3.63, 3.8) is 0 Å². The van der Waals surface area contributed by atoms with E-state index in [4.69, 9.17) is 9.47 Å². The Balaban J connectivity index is 1.44. The summed E-state index contributed by atoms with van der Waals surface area (Å²) in [5, 5.41) is 19.9. The third kappa shape index (κ3) is 4.22. The lowest BCUT2D eigenvalue weighted by molar-refractivity contribution is -0.140. The highest BCUT2D eigenvalue weighted by molar-refractivity contribution is 6.24. The lowest BCUT2D eigenvalue weighted by Gasteiger charge is -2.42. The molecule has 6 rings (SSSR count). The van der Waals surface area contributed by atoms with Crippen LogP contribution in [0.2, 0.25) is 0 Å². The number of nitrogens with zero attached hydrogens (tertiary/aromatic N) is 1. The molecule has 0 radical (unpaired) electrons. The quantitative estimate of drug-likeness (QED) is 0.305. The first-order valence-electron chi connectivity index (χ1n) is 13.9. The van der Waals surface area contributed by atoms with E-state index in [0.717, 1.165) is 11.1 Å². The Labute approximate surface area is 242 Å². The van der Waals surface area contributed by atoms with Gasteiger partial charge in [0.05, 0.1) is 26.1 Å². The number of carbonyl (C=O) groups excluding carboxylic acids is 4. The summed E-state index contributed by atoms with van der Waals surface area (Å²) < 4.78 is 11.3. The number of hydrogen-bond acceptors (Lipinski definition) is 8. The molecule has 2 aromatic rings. The molecule has 0 aromatic heterocycles. The molecule has 9 nitrogen and oxygen atoms in total. The van der Waals surface area contributed by atoms with Crippen molar-refractivity contribution < 1.29 is 38.9 Å². The number of likely N-dealkylation sites (tertiary alicyclic amines) is 1. The Hall–Kier alpha value is -4.66. The van der Waals surface area contributed by atoms with Gasteiger partial charge in [-0.25, -0.2) is 0 Å². The molecule has 1 fully saturated rings. The lowest BCUT2D eigenvalue weighted by Crippen LogP contribution is -2.40. The van der Waals surface area contributed by atoms with Gasteiger partial charge in [0.2, 0.25) is 11.8 Å². The first-order valence-corrected chi connectivity index (χ1v) is 13.9. The highest BCUT2D eigenvalue weighted by Crippen LogP contribution is 2.57. The van der Waals surface area contributed by atoms with Crippen molar-refractivity contribution in [3.8, 4) is 23.0 Å². The van der Waals surface area contributed by atoms with Crippen molar-refractivity contribution >= 4 is 23.4 Å². The molecule has 2 amide bonds. The average Bonchev–Trinajstić information content (AvgIpc) is 3.23. The maximum absolute atomic E-state index is 14.0. The molecule has 0 saturated carbocycles. The number of phenolic OH excluding ortho intramolecular Hbond substituents is 2. The number of allylic oxidation sites excluding steroid dienone is 6. The van der Waals surface area contributed by atoms with E-state index in [0.29, 0.717) is 35.1 Å². The number of fused-ring (bicyclic) bond motifs is 3. The van der Waals surface area contributed by atoms with Crippen molar-refractivity contribution in [1.82, 2.24) is 4.90 Å². The first kappa shape index (κ1) is 27.5. The van der Waals surface area contributed by atoms with Gasteiger partial charge in [0, 0.05) is 46.9 Å². The van der Waals surface area contributed by atoms with E-state index < -0.39 is 23.7 Å². The van der Waals surface area contributed by atoms with Gasteiger partial charge in [0.1, 0.15) is 23.0 Å². The van der Waals surface area contributed by atoms with Gasteiger partial charge in [-0.2, -0.15) is 0 Å². The predicted molar refractivity (Wildman–Crippen MR) is 151 cm³/mol. The van der Waals surface area contributed by atoms with Gasteiger partial charge in [0.25, 0.3) is 0 Å². The number of amides is 2. The number of imide groups is 1. The fourth-order valence-corrected chi connectivity index (χ4v) is 7.11. The molecule has 1 saturated heterocycles. The second kappa shape index (κ2) is 10.3. The zero-order valence-electron chi connectivity index (χ0n) is 23.5. The maximum Gasteiger partial charge on any atom is 0.233 e. The molecule has 0 bridgehead atoms. The van der Waals surface area contributed by atoms with Crippen molar-refractivity contribution in [2.45, 2.75) is 32.1 Å². The molecule has 0 spiro atoms. The van der Waals surface area contributed by atoms with E-state index in [1.807, 2.05) is 6.08 Å². The zero-order chi connectivity index (χ0) is 29.9. The van der Waals surface area contributed by atoms with Crippen LogP contribution in [0.1, 0.15) is 36.8 Å². The maximum atomic E-state index is 14.0.